The minimum absolute atomic E-state index is 0.199. The van der Waals surface area contributed by atoms with Gasteiger partial charge in [0, 0.05) is 61.3 Å². The zero-order valence-electron chi connectivity index (χ0n) is 15.6. The van der Waals surface area contributed by atoms with Crippen molar-refractivity contribution in [2.75, 3.05) is 26.2 Å². The summed E-state index contributed by atoms with van der Waals surface area (Å²) in [6.07, 6.45) is 3.27. The van der Waals surface area contributed by atoms with Gasteiger partial charge in [0.1, 0.15) is 5.82 Å². The normalized spacial score (nSPS) is 15.3. The second kappa shape index (κ2) is 8.33. The number of nitrogens with one attached hydrogen (secondary N) is 1. The Morgan fingerprint density at radius 3 is 2.64 bits per heavy atom. The van der Waals surface area contributed by atoms with E-state index < -0.39 is 0 Å². The average Bonchev–Trinajstić information content (AvgIpc) is 3.12. The summed E-state index contributed by atoms with van der Waals surface area (Å²) in [7, 11) is 0. The minimum Gasteiger partial charge on any atom is -0.361 e. The summed E-state index contributed by atoms with van der Waals surface area (Å²) in [5.41, 5.74) is 3.22. The van der Waals surface area contributed by atoms with Crippen molar-refractivity contribution >= 4 is 28.4 Å². The predicted octanol–water partition coefficient (Wildman–Crippen LogP) is 4.24. The van der Waals surface area contributed by atoms with Crippen LogP contribution in [-0.2, 0) is 17.8 Å². The second-order valence-electron chi connectivity index (χ2n) is 7.25. The smallest absolute Gasteiger partial charge is 0.222 e. The summed E-state index contributed by atoms with van der Waals surface area (Å²) in [5.74, 6) is -0.121. The molecule has 146 valence electrons. The first kappa shape index (κ1) is 19.0. The molecule has 2 aromatic carbocycles. The Balaban J connectivity index is 1.28. The zero-order chi connectivity index (χ0) is 19.5. The van der Waals surface area contributed by atoms with Gasteiger partial charge in [0.15, 0.2) is 0 Å². The molecular weight excluding hydrogens is 377 g/mol. The van der Waals surface area contributed by atoms with E-state index in [2.05, 4.69) is 16.0 Å². The van der Waals surface area contributed by atoms with Crippen molar-refractivity contribution in [1.29, 1.82) is 0 Å². The highest BCUT2D eigenvalue weighted by Gasteiger charge is 2.21. The van der Waals surface area contributed by atoms with Crippen LogP contribution in [0.25, 0.3) is 10.9 Å². The van der Waals surface area contributed by atoms with Crippen LogP contribution in [-0.4, -0.2) is 46.9 Å². The molecule has 0 aliphatic carbocycles. The number of hydrogen-bond acceptors (Lipinski definition) is 2. The number of halogens is 2. The first-order valence-corrected chi connectivity index (χ1v) is 9.97. The van der Waals surface area contributed by atoms with Gasteiger partial charge in [-0.05, 0) is 35.7 Å². The number of aromatic amines is 1. The first-order chi connectivity index (χ1) is 13.6. The molecule has 1 aliphatic heterocycles. The van der Waals surface area contributed by atoms with Crippen molar-refractivity contribution in [2.24, 2.45) is 0 Å². The van der Waals surface area contributed by atoms with E-state index in [0.29, 0.717) is 31.1 Å². The third-order valence-corrected chi connectivity index (χ3v) is 5.77. The molecule has 1 fully saturated rings. The Bertz CT molecular complexity index is 979. The summed E-state index contributed by atoms with van der Waals surface area (Å²) in [6, 6.07) is 12.7. The van der Waals surface area contributed by atoms with Gasteiger partial charge < -0.3 is 9.88 Å². The Hall–Kier alpha value is -2.37. The minimum atomic E-state index is -0.320. The molecule has 1 aliphatic rings. The molecule has 0 saturated carbocycles. The van der Waals surface area contributed by atoms with Crippen LogP contribution in [0.5, 0.6) is 0 Å². The predicted molar refractivity (Wildman–Crippen MR) is 110 cm³/mol. The van der Waals surface area contributed by atoms with Gasteiger partial charge in [-0.25, -0.2) is 4.39 Å². The lowest BCUT2D eigenvalue weighted by atomic mass is 10.1. The van der Waals surface area contributed by atoms with E-state index in [1.807, 2.05) is 29.3 Å². The number of aryl methyl sites for hydroxylation is 1. The summed E-state index contributed by atoms with van der Waals surface area (Å²) in [5, 5.41) is 1.65. The lowest BCUT2D eigenvalue weighted by Crippen LogP contribution is -2.48. The monoisotopic (exact) mass is 399 g/mol. The number of carbonyl (C=O) groups excluding carboxylic acids is 1. The standard InChI is InChI=1S/C22H23ClFN3O/c23-20-13-18(24)7-5-17(20)15-26-9-11-27(12-10-26)22(28)8-6-16-14-25-21-4-2-1-3-19(16)21/h1-5,7,13-14,25H,6,8-12,15H2. The third kappa shape index (κ3) is 4.21. The molecule has 1 saturated heterocycles. The van der Waals surface area contributed by atoms with Crippen LogP contribution in [0, 0.1) is 5.82 Å². The van der Waals surface area contributed by atoms with Crippen molar-refractivity contribution in [1.82, 2.24) is 14.8 Å². The number of aromatic nitrogens is 1. The van der Waals surface area contributed by atoms with Crippen LogP contribution in [0.15, 0.2) is 48.7 Å². The van der Waals surface area contributed by atoms with Gasteiger partial charge >= 0.3 is 0 Å². The number of rotatable bonds is 5. The molecule has 0 atom stereocenters. The molecule has 1 amide bonds. The maximum Gasteiger partial charge on any atom is 0.222 e. The summed E-state index contributed by atoms with van der Waals surface area (Å²) in [4.78, 5) is 20.1. The molecule has 6 heteroatoms. The van der Waals surface area contributed by atoms with Crippen LogP contribution >= 0.6 is 11.6 Å². The highest BCUT2D eigenvalue weighted by atomic mass is 35.5. The Labute approximate surface area is 168 Å². The number of fused-ring (bicyclic) bond motifs is 1. The molecular formula is C22H23ClFN3O. The number of carbonyl (C=O) groups is 1. The third-order valence-electron chi connectivity index (χ3n) is 5.42. The van der Waals surface area contributed by atoms with Gasteiger partial charge in [0.2, 0.25) is 5.91 Å². The number of nitrogens with zero attached hydrogens (tertiary/aromatic N) is 2. The molecule has 2 heterocycles. The van der Waals surface area contributed by atoms with Crippen LogP contribution in [0.2, 0.25) is 5.02 Å². The van der Waals surface area contributed by atoms with Crippen LogP contribution in [0.3, 0.4) is 0 Å². The zero-order valence-corrected chi connectivity index (χ0v) is 16.4. The summed E-state index contributed by atoms with van der Waals surface area (Å²) >= 11 is 6.13. The quantitative estimate of drug-likeness (QED) is 0.697. The topological polar surface area (TPSA) is 39.3 Å². The molecule has 1 N–H and O–H groups in total. The maximum atomic E-state index is 13.2. The number of benzene rings is 2. The van der Waals surface area contributed by atoms with E-state index in [4.69, 9.17) is 11.6 Å². The number of amides is 1. The number of piperazine rings is 1. The van der Waals surface area contributed by atoms with Gasteiger partial charge in [-0.3, -0.25) is 9.69 Å². The average molecular weight is 400 g/mol. The summed E-state index contributed by atoms with van der Waals surface area (Å²) < 4.78 is 13.2. The maximum absolute atomic E-state index is 13.2. The van der Waals surface area contributed by atoms with E-state index >= 15 is 0 Å². The van der Waals surface area contributed by atoms with E-state index in [1.54, 1.807) is 6.07 Å². The molecule has 28 heavy (non-hydrogen) atoms. The van der Waals surface area contributed by atoms with Gasteiger partial charge in [-0.1, -0.05) is 35.9 Å². The van der Waals surface area contributed by atoms with Crippen molar-refractivity contribution in [3.05, 3.63) is 70.6 Å². The fourth-order valence-electron chi connectivity index (χ4n) is 3.78. The van der Waals surface area contributed by atoms with Crippen LogP contribution in [0.1, 0.15) is 17.5 Å². The molecule has 3 aromatic rings. The lowest BCUT2D eigenvalue weighted by Gasteiger charge is -2.35. The molecule has 0 radical (unpaired) electrons. The van der Waals surface area contributed by atoms with Crippen LogP contribution < -0.4 is 0 Å². The van der Waals surface area contributed by atoms with Gasteiger partial charge in [0.05, 0.1) is 0 Å². The lowest BCUT2D eigenvalue weighted by molar-refractivity contribution is -0.132. The van der Waals surface area contributed by atoms with Crippen molar-refractivity contribution in [3.8, 4) is 0 Å². The first-order valence-electron chi connectivity index (χ1n) is 9.59. The van der Waals surface area contributed by atoms with E-state index in [-0.39, 0.29) is 11.7 Å². The van der Waals surface area contributed by atoms with Gasteiger partial charge in [-0.2, -0.15) is 0 Å². The van der Waals surface area contributed by atoms with E-state index in [9.17, 15) is 9.18 Å². The fourth-order valence-corrected chi connectivity index (χ4v) is 4.01. The SMILES string of the molecule is O=C(CCc1c[nH]c2ccccc12)N1CCN(Cc2ccc(F)cc2Cl)CC1. The van der Waals surface area contributed by atoms with Crippen LogP contribution in [0.4, 0.5) is 4.39 Å². The highest BCUT2D eigenvalue weighted by Crippen LogP contribution is 2.21. The molecule has 4 rings (SSSR count). The largest absolute Gasteiger partial charge is 0.361 e. The Morgan fingerprint density at radius 2 is 1.86 bits per heavy atom. The molecule has 0 spiro atoms. The Kier molecular flexibility index (Phi) is 5.64. The molecule has 1 aromatic heterocycles. The molecule has 0 unspecified atom stereocenters. The van der Waals surface area contributed by atoms with Crippen molar-refractivity contribution in [3.63, 3.8) is 0 Å². The second-order valence-corrected chi connectivity index (χ2v) is 7.66. The van der Waals surface area contributed by atoms with Crippen molar-refractivity contribution < 1.29 is 9.18 Å². The van der Waals surface area contributed by atoms with E-state index in [1.165, 1.54) is 23.1 Å². The van der Waals surface area contributed by atoms with Gasteiger partial charge in [-0.15, -0.1) is 0 Å². The molecule has 4 nitrogen and oxygen atoms in total. The summed E-state index contributed by atoms with van der Waals surface area (Å²) in [6.45, 7) is 3.70. The number of hydrogen-bond donors (Lipinski definition) is 1. The highest BCUT2D eigenvalue weighted by molar-refractivity contribution is 6.31. The Morgan fingerprint density at radius 1 is 1.07 bits per heavy atom. The number of para-hydroxylation sites is 1. The fraction of sp³-hybridized carbons (Fsp3) is 0.318. The van der Waals surface area contributed by atoms with Crippen molar-refractivity contribution in [2.45, 2.75) is 19.4 Å². The molecule has 0 bridgehead atoms. The number of H-pyrrole nitrogens is 1. The van der Waals surface area contributed by atoms with E-state index in [0.717, 1.165) is 30.6 Å². The van der Waals surface area contributed by atoms with Gasteiger partial charge in [0.25, 0.3) is 0 Å².